The van der Waals surface area contributed by atoms with Crippen LogP contribution < -0.4 is 14.8 Å². The minimum absolute atomic E-state index is 0.0191. The molecule has 4 aliphatic rings. The van der Waals surface area contributed by atoms with Crippen molar-refractivity contribution in [2.75, 3.05) is 39.5 Å². The van der Waals surface area contributed by atoms with E-state index in [9.17, 15) is 18.3 Å². The van der Waals surface area contributed by atoms with Gasteiger partial charge < -0.3 is 33.5 Å². The Morgan fingerprint density at radius 3 is 2.64 bits per heavy atom. The molecule has 12 nitrogen and oxygen atoms in total. The van der Waals surface area contributed by atoms with Crippen LogP contribution in [-0.2, 0) is 35.4 Å². The molecule has 45 heavy (non-hydrogen) atoms. The summed E-state index contributed by atoms with van der Waals surface area (Å²) >= 11 is 0. The number of carbonyl (C=O) groups excluding carboxylic acids is 1. The van der Waals surface area contributed by atoms with Gasteiger partial charge in [0.1, 0.15) is 36.4 Å². The molecule has 0 radical (unpaired) electrons. The molecule has 2 N–H and O–H groups in total. The summed E-state index contributed by atoms with van der Waals surface area (Å²) in [5.41, 5.74) is 0.103. The molecule has 0 bridgehead atoms. The first-order valence-corrected chi connectivity index (χ1v) is 16.9. The largest absolute Gasteiger partial charge is 0.507 e. The molecule has 246 valence electrons. The fourth-order valence-electron chi connectivity index (χ4n) is 6.47. The number of esters is 1. The van der Waals surface area contributed by atoms with Crippen LogP contribution in [0.15, 0.2) is 41.3 Å². The third-order valence-electron chi connectivity index (χ3n) is 8.51. The van der Waals surface area contributed by atoms with E-state index in [0.29, 0.717) is 37.7 Å². The number of ether oxygens (including phenoxy) is 6. The molecule has 2 aromatic carbocycles. The van der Waals surface area contributed by atoms with E-state index < -0.39 is 33.9 Å². The third kappa shape index (κ3) is 6.93. The van der Waals surface area contributed by atoms with Gasteiger partial charge >= 0.3 is 5.97 Å². The van der Waals surface area contributed by atoms with Gasteiger partial charge in [-0.3, -0.25) is 5.32 Å². The second-order valence-electron chi connectivity index (χ2n) is 13.0. The minimum atomic E-state index is -3.92. The lowest BCUT2D eigenvalue weighted by Gasteiger charge is -2.29. The highest BCUT2D eigenvalue weighted by Crippen LogP contribution is 2.36. The van der Waals surface area contributed by atoms with Gasteiger partial charge in [-0.25, -0.2) is 13.2 Å². The van der Waals surface area contributed by atoms with Crippen molar-refractivity contribution in [2.24, 2.45) is 11.8 Å². The van der Waals surface area contributed by atoms with E-state index in [1.165, 1.54) is 16.4 Å². The Balaban J connectivity index is 1.20. The number of hydrogen-bond acceptors (Lipinski definition) is 11. The van der Waals surface area contributed by atoms with E-state index in [-0.39, 0.29) is 60.1 Å². The Hall–Kier alpha value is -2.94. The van der Waals surface area contributed by atoms with Crippen LogP contribution in [0.4, 0.5) is 0 Å². The first-order valence-electron chi connectivity index (χ1n) is 15.5. The number of benzene rings is 2. The fourth-order valence-corrected chi connectivity index (χ4v) is 8.10. The average molecular weight is 647 g/mol. The van der Waals surface area contributed by atoms with Crippen LogP contribution in [-0.4, -0.2) is 93.6 Å². The zero-order chi connectivity index (χ0) is 31.9. The Kier molecular flexibility index (Phi) is 9.03. The predicted molar refractivity (Wildman–Crippen MR) is 162 cm³/mol. The molecule has 0 saturated carbocycles. The molecule has 3 fully saturated rings. The van der Waals surface area contributed by atoms with Gasteiger partial charge in [-0.2, -0.15) is 4.31 Å². The van der Waals surface area contributed by atoms with Gasteiger partial charge in [0.2, 0.25) is 10.0 Å². The molecule has 0 spiro atoms. The smallest absolute Gasteiger partial charge is 0.342 e. The van der Waals surface area contributed by atoms with Crippen molar-refractivity contribution in [3.63, 3.8) is 0 Å². The summed E-state index contributed by atoms with van der Waals surface area (Å²) in [5, 5.41) is 14.0. The van der Waals surface area contributed by atoms with Crippen LogP contribution in [0.1, 0.15) is 50.0 Å². The maximum absolute atomic E-state index is 14.0. The lowest BCUT2D eigenvalue weighted by atomic mass is 9.99. The summed E-state index contributed by atoms with van der Waals surface area (Å²) in [4.78, 5) is 13.3. The van der Waals surface area contributed by atoms with Gasteiger partial charge in [0.15, 0.2) is 17.8 Å². The monoisotopic (exact) mass is 646 g/mol. The van der Waals surface area contributed by atoms with Crippen LogP contribution in [0.25, 0.3) is 0 Å². The maximum Gasteiger partial charge on any atom is 0.342 e. The van der Waals surface area contributed by atoms with Crippen molar-refractivity contribution in [3.05, 3.63) is 47.5 Å². The van der Waals surface area contributed by atoms with E-state index in [2.05, 4.69) is 5.32 Å². The zero-order valence-corrected chi connectivity index (χ0v) is 26.9. The predicted octanol–water partition coefficient (Wildman–Crippen LogP) is 3.06. The first-order chi connectivity index (χ1) is 21.4. The summed E-state index contributed by atoms with van der Waals surface area (Å²) in [5.74, 6) is 0.156. The number of aromatic hydroxyl groups is 1. The fraction of sp³-hybridized carbons (Fsp3) is 0.594. The van der Waals surface area contributed by atoms with Crippen LogP contribution >= 0.6 is 0 Å². The zero-order valence-electron chi connectivity index (χ0n) is 26.1. The Morgan fingerprint density at radius 2 is 1.87 bits per heavy atom. The number of fused-ring (bicyclic) bond motifs is 2. The number of sulfonamides is 1. The SMILES string of the molecule is CC(C)CN(C[C@H]1OC(C)(C)N[C@H]1Cc1ccc(O)c(C(=O)O[C@H]2CO[C@H]3OCC[C@H]32)c1)S(=O)(=O)c1ccc2c(c1)OCCO2. The van der Waals surface area contributed by atoms with Crippen molar-refractivity contribution in [2.45, 2.75) is 75.7 Å². The highest BCUT2D eigenvalue weighted by Gasteiger charge is 2.45. The Labute approximate surface area is 263 Å². The van der Waals surface area contributed by atoms with Gasteiger partial charge in [-0.1, -0.05) is 19.9 Å². The molecule has 6 rings (SSSR count). The van der Waals surface area contributed by atoms with E-state index in [1.54, 1.807) is 24.3 Å². The molecule has 13 heteroatoms. The molecule has 5 atom stereocenters. The molecule has 2 aromatic rings. The molecule has 4 aliphatic heterocycles. The van der Waals surface area contributed by atoms with Crippen LogP contribution in [0.2, 0.25) is 0 Å². The van der Waals surface area contributed by atoms with Crippen molar-refractivity contribution in [3.8, 4) is 17.2 Å². The molecule has 0 aromatic heterocycles. The van der Waals surface area contributed by atoms with E-state index in [0.717, 1.165) is 12.0 Å². The number of phenolic OH excluding ortho intramolecular Hbond substituents is 1. The summed E-state index contributed by atoms with van der Waals surface area (Å²) in [6.45, 7) is 9.70. The highest BCUT2D eigenvalue weighted by molar-refractivity contribution is 7.89. The molecule has 0 amide bonds. The third-order valence-corrected chi connectivity index (χ3v) is 10.3. The summed E-state index contributed by atoms with van der Waals surface area (Å²) in [6, 6.07) is 9.23. The van der Waals surface area contributed by atoms with Gasteiger partial charge in [-0.05, 0) is 62.4 Å². The summed E-state index contributed by atoms with van der Waals surface area (Å²) in [7, 11) is -3.92. The van der Waals surface area contributed by atoms with Crippen LogP contribution in [0.5, 0.6) is 17.2 Å². The molecular weight excluding hydrogens is 604 g/mol. The number of carbonyl (C=O) groups is 1. The average Bonchev–Trinajstić information content (AvgIpc) is 3.68. The summed E-state index contributed by atoms with van der Waals surface area (Å²) in [6.07, 6.45) is -0.141. The second-order valence-corrected chi connectivity index (χ2v) is 14.9. The Morgan fingerprint density at radius 1 is 1.09 bits per heavy atom. The van der Waals surface area contributed by atoms with Crippen molar-refractivity contribution in [1.82, 2.24) is 9.62 Å². The number of nitrogens with one attached hydrogen (secondary N) is 1. The number of phenols is 1. The normalized spacial score (nSPS) is 27.2. The van der Waals surface area contributed by atoms with Crippen molar-refractivity contribution in [1.29, 1.82) is 0 Å². The minimum Gasteiger partial charge on any atom is -0.507 e. The van der Waals surface area contributed by atoms with Gasteiger partial charge in [-0.15, -0.1) is 0 Å². The van der Waals surface area contributed by atoms with Gasteiger partial charge in [0.05, 0.1) is 30.1 Å². The molecular formula is C32H42N2O10S. The topological polar surface area (TPSA) is 142 Å². The quantitative estimate of drug-likeness (QED) is 0.368. The van der Waals surface area contributed by atoms with Crippen molar-refractivity contribution < 1.29 is 46.7 Å². The lowest BCUT2D eigenvalue weighted by Crippen LogP contribution is -2.45. The van der Waals surface area contributed by atoms with Crippen LogP contribution in [0.3, 0.4) is 0 Å². The Bertz CT molecular complexity index is 1510. The standard InChI is InChI=1S/C32H42N2O10S/c1-19(2)16-34(45(37,38)21-6-8-26-27(15-21)40-12-11-39-26)17-28-24(33-32(3,4)44-28)14-20-5-7-25(35)23(13-20)30(36)43-29-18-42-31-22(29)9-10-41-31/h5-8,13,15,19,22,24,28-29,31,33,35H,9-12,14,16-18H2,1-4H3/t22-,24-,28+,29-,31+/m0/s1. The van der Waals surface area contributed by atoms with E-state index in [1.807, 2.05) is 27.7 Å². The molecule has 0 aliphatic carbocycles. The van der Waals surface area contributed by atoms with Crippen LogP contribution in [0, 0.1) is 11.8 Å². The van der Waals surface area contributed by atoms with E-state index >= 15 is 0 Å². The maximum atomic E-state index is 14.0. The van der Waals surface area contributed by atoms with Crippen molar-refractivity contribution >= 4 is 16.0 Å². The summed E-state index contributed by atoms with van der Waals surface area (Å²) < 4.78 is 63.9. The number of rotatable bonds is 10. The second kappa shape index (κ2) is 12.7. The van der Waals surface area contributed by atoms with Gasteiger partial charge in [0, 0.05) is 25.2 Å². The highest BCUT2D eigenvalue weighted by atomic mass is 32.2. The number of nitrogens with zero attached hydrogens (tertiary/aromatic N) is 1. The van der Waals surface area contributed by atoms with E-state index in [4.69, 9.17) is 28.4 Å². The molecule has 0 unspecified atom stereocenters. The van der Waals surface area contributed by atoms with Gasteiger partial charge in [0.25, 0.3) is 0 Å². The number of hydrogen-bond donors (Lipinski definition) is 2. The molecule has 3 saturated heterocycles. The first kappa shape index (κ1) is 32.0. The molecule has 4 heterocycles. The lowest BCUT2D eigenvalue weighted by molar-refractivity contribution is -0.0907.